The van der Waals surface area contributed by atoms with E-state index in [0.717, 1.165) is 16.7 Å². The molecule has 2 aromatic heterocycles. The Hall–Kier alpha value is -3.78. The Morgan fingerprint density at radius 1 is 1.00 bits per heavy atom. The van der Waals surface area contributed by atoms with E-state index in [1.165, 1.54) is 29.2 Å². The van der Waals surface area contributed by atoms with Crippen LogP contribution in [0.3, 0.4) is 0 Å². The van der Waals surface area contributed by atoms with Gasteiger partial charge in [-0.2, -0.15) is 0 Å². The summed E-state index contributed by atoms with van der Waals surface area (Å²) in [6, 6.07) is 14.9. The van der Waals surface area contributed by atoms with Crippen LogP contribution in [0.15, 0.2) is 65.0 Å². The second-order valence-corrected chi connectivity index (χ2v) is 8.35. The fraction of sp³-hybridized carbons (Fsp3) is 0.167. The Morgan fingerprint density at radius 2 is 1.66 bits per heavy atom. The van der Waals surface area contributed by atoms with E-state index in [0.29, 0.717) is 21.6 Å². The summed E-state index contributed by atoms with van der Waals surface area (Å²) in [5, 5.41) is 8.00. The van der Waals surface area contributed by atoms with E-state index in [2.05, 4.69) is 15.6 Å². The van der Waals surface area contributed by atoms with E-state index in [9.17, 15) is 14.4 Å². The number of nitrogens with one attached hydrogen (secondary N) is 2. The van der Waals surface area contributed by atoms with Gasteiger partial charge in [-0.05, 0) is 36.8 Å². The molecule has 32 heavy (non-hydrogen) atoms. The summed E-state index contributed by atoms with van der Waals surface area (Å²) < 4.78 is 1.48. The lowest BCUT2D eigenvalue weighted by atomic mass is 10.1. The van der Waals surface area contributed by atoms with Crippen LogP contribution in [0.25, 0.3) is 21.3 Å². The van der Waals surface area contributed by atoms with Gasteiger partial charge in [0.15, 0.2) is 0 Å². The molecule has 0 saturated heterocycles. The third kappa shape index (κ3) is 4.76. The van der Waals surface area contributed by atoms with E-state index in [1.807, 2.05) is 36.6 Å². The predicted molar refractivity (Wildman–Crippen MR) is 128 cm³/mol. The van der Waals surface area contributed by atoms with Crippen LogP contribution in [0.2, 0.25) is 0 Å². The van der Waals surface area contributed by atoms with Gasteiger partial charge in [-0.3, -0.25) is 19.0 Å². The predicted octanol–water partition coefficient (Wildman–Crippen LogP) is 4.42. The SMILES string of the molecule is CC(=O)Nc1ccc(NC(=O)CCn2cnc3scc(-c4ccc(C)cc4)c3c2=O)cc1. The molecule has 2 N–H and O–H groups in total. The summed E-state index contributed by atoms with van der Waals surface area (Å²) in [7, 11) is 0. The Kier molecular flexibility index (Phi) is 6.13. The number of benzene rings is 2. The van der Waals surface area contributed by atoms with Crippen LogP contribution in [0.5, 0.6) is 0 Å². The quantitative estimate of drug-likeness (QED) is 0.458. The molecule has 2 aromatic carbocycles. The highest BCUT2D eigenvalue weighted by atomic mass is 32.1. The zero-order valence-electron chi connectivity index (χ0n) is 17.7. The number of nitrogens with zero attached hydrogens (tertiary/aromatic N) is 2. The van der Waals surface area contributed by atoms with Crippen molar-refractivity contribution in [1.82, 2.24) is 9.55 Å². The van der Waals surface area contributed by atoms with Gasteiger partial charge in [-0.15, -0.1) is 11.3 Å². The molecule has 2 amide bonds. The molecule has 8 heteroatoms. The first-order valence-corrected chi connectivity index (χ1v) is 11.0. The minimum absolute atomic E-state index is 0.130. The van der Waals surface area contributed by atoms with Crippen molar-refractivity contribution < 1.29 is 9.59 Å². The van der Waals surface area contributed by atoms with Gasteiger partial charge < -0.3 is 10.6 Å². The molecule has 2 heterocycles. The van der Waals surface area contributed by atoms with Crippen molar-refractivity contribution in [2.24, 2.45) is 0 Å². The van der Waals surface area contributed by atoms with Crippen LogP contribution < -0.4 is 16.2 Å². The third-order valence-electron chi connectivity index (χ3n) is 4.99. The second kappa shape index (κ2) is 9.15. The fourth-order valence-electron chi connectivity index (χ4n) is 3.36. The molecule has 0 fully saturated rings. The van der Waals surface area contributed by atoms with Crippen molar-refractivity contribution in [1.29, 1.82) is 0 Å². The van der Waals surface area contributed by atoms with Crippen molar-refractivity contribution in [2.75, 3.05) is 10.6 Å². The number of anilines is 2. The van der Waals surface area contributed by atoms with Gasteiger partial charge in [-0.25, -0.2) is 4.98 Å². The van der Waals surface area contributed by atoms with Crippen molar-refractivity contribution in [3.63, 3.8) is 0 Å². The number of aromatic nitrogens is 2. The van der Waals surface area contributed by atoms with Crippen molar-refractivity contribution in [3.8, 4) is 11.1 Å². The maximum Gasteiger partial charge on any atom is 0.262 e. The summed E-state index contributed by atoms with van der Waals surface area (Å²) in [6.07, 6.45) is 1.63. The second-order valence-electron chi connectivity index (χ2n) is 7.50. The minimum atomic E-state index is -0.214. The molecule has 0 aliphatic rings. The summed E-state index contributed by atoms with van der Waals surface area (Å²) >= 11 is 1.44. The summed E-state index contributed by atoms with van der Waals surface area (Å²) in [4.78, 5) is 41.7. The molecule has 0 unspecified atom stereocenters. The first-order chi connectivity index (χ1) is 15.4. The molecule has 0 bridgehead atoms. The molecule has 4 rings (SSSR count). The molecule has 0 radical (unpaired) electrons. The van der Waals surface area contributed by atoms with Crippen molar-refractivity contribution in [3.05, 3.63) is 76.2 Å². The van der Waals surface area contributed by atoms with Gasteiger partial charge in [0, 0.05) is 42.2 Å². The lowest BCUT2D eigenvalue weighted by Crippen LogP contribution is -2.23. The number of amides is 2. The van der Waals surface area contributed by atoms with E-state index in [1.54, 1.807) is 24.3 Å². The number of hydrogen-bond donors (Lipinski definition) is 2. The number of carbonyl (C=O) groups excluding carboxylic acids is 2. The number of fused-ring (bicyclic) bond motifs is 1. The van der Waals surface area contributed by atoms with Crippen LogP contribution in [-0.2, 0) is 16.1 Å². The average molecular weight is 447 g/mol. The topological polar surface area (TPSA) is 93.1 Å². The molecule has 162 valence electrons. The number of thiophene rings is 1. The zero-order chi connectivity index (χ0) is 22.7. The molecule has 7 nitrogen and oxygen atoms in total. The van der Waals surface area contributed by atoms with Gasteiger partial charge in [-0.1, -0.05) is 29.8 Å². The lowest BCUT2D eigenvalue weighted by molar-refractivity contribution is -0.116. The highest BCUT2D eigenvalue weighted by molar-refractivity contribution is 7.17. The van der Waals surface area contributed by atoms with Gasteiger partial charge in [0.25, 0.3) is 5.56 Å². The van der Waals surface area contributed by atoms with Crippen LogP contribution in [0.1, 0.15) is 18.9 Å². The first kappa shape index (κ1) is 21.5. The summed E-state index contributed by atoms with van der Waals surface area (Å²) in [5.74, 6) is -0.373. The standard InChI is InChI=1S/C24H22N4O3S/c1-15-3-5-17(6-4-15)20-13-32-23-22(20)24(31)28(14-25-23)12-11-21(30)27-19-9-7-18(8-10-19)26-16(2)29/h3-10,13-14H,11-12H2,1-2H3,(H,26,29)(H,27,30). The van der Waals surface area contributed by atoms with Gasteiger partial charge in [0.1, 0.15) is 4.83 Å². The zero-order valence-corrected chi connectivity index (χ0v) is 18.5. The van der Waals surface area contributed by atoms with E-state index < -0.39 is 0 Å². The largest absolute Gasteiger partial charge is 0.326 e. The molecule has 0 aliphatic carbocycles. The van der Waals surface area contributed by atoms with E-state index >= 15 is 0 Å². The van der Waals surface area contributed by atoms with Crippen LogP contribution >= 0.6 is 11.3 Å². The monoisotopic (exact) mass is 446 g/mol. The van der Waals surface area contributed by atoms with Crippen molar-refractivity contribution in [2.45, 2.75) is 26.8 Å². The maximum atomic E-state index is 13.1. The summed E-state index contributed by atoms with van der Waals surface area (Å²) in [6.45, 7) is 3.68. The minimum Gasteiger partial charge on any atom is -0.326 e. The highest BCUT2D eigenvalue weighted by Gasteiger charge is 2.14. The fourth-order valence-corrected chi connectivity index (χ4v) is 4.26. The van der Waals surface area contributed by atoms with Crippen LogP contribution in [0, 0.1) is 6.92 Å². The van der Waals surface area contributed by atoms with Crippen LogP contribution in [-0.4, -0.2) is 21.4 Å². The normalized spacial score (nSPS) is 10.8. The lowest BCUT2D eigenvalue weighted by Gasteiger charge is -2.09. The first-order valence-electron chi connectivity index (χ1n) is 10.1. The molecule has 0 aliphatic heterocycles. The van der Waals surface area contributed by atoms with E-state index in [-0.39, 0.29) is 30.3 Å². The number of aryl methyl sites for hydroxylation is 2. The molecular formula is C24H22N4O3S. The maximum absolute atomic E-state index is 13.1. The molecule has 4 aromatic rings. The van der Waals surface area contributed by atoms with Gasteiger partial charge in [0.2, 0.25) is 11.8 Å². The van der Waals surface area contributed by atoms with Gasteiger partial charge >= 0.3 is 0 Å². The summed E-state index contributed by atoms with van der Waals surface area (Å²) in [5.41, 5.74) is 4.10. The Balaban J connectivity index is 1.47. The third-order valence-corrected chi connectivity index (χ3v) is 5.88. The number of hydrogen-bond acceptors (Lipinski definition) is 5. The number of rotatable bonds is 6. The van der Waals surface area contributed by atoms with E-state index in [4.69, 9.17) is 0 Å². The molecule has 0 spiro atoms. The Morgan fingerprint density at radius 3 is 2.31 bits per heavy atom. The molecular weight excluding hydrogens is 424 g/mol. The van der Waals surface area contributed by atoms with Crippen molar-refractivity contribution >= 4 is 44.7 Å². The smallest absolute Gasteiger partial charge is 0.262 e. The Labute approximate surface area is 188 Å². The average Bonchev–Trinajstić information content (AvgIpc) is 3.20. The molecule has 0 atom stereocenters. The Bertz CT molecular complexity index is 1340. The van der Waals surface area contributed by atoms with Gasteiger partial charge in [0.05, 0.1) is 11.7 Å². The molecule has 0 saturated carbocycles. The number of carbonyl (C=O) groups is 2. The van der Waals surface area contributed by atoms with Crippen LogP contribution in [0.4, 0.5) is 11.4 Å². The highest BCUT2D eigenvalue weighted by Crippen LogP contribution is 2.30.